The van der Waals surface area contributed by atoms with Gasteiger partial charge in [0, 0.05) is 25.9 Å². The predicted molar refractivity (Wildman–Crippen MR) is 71.2 cm³/mol. The zero-order valence-corrected chi connectivity index (χ0v) is 11.3. The van der Waals surface area contributed by atoms with Crippen LogP contribution in [0, 0.1) is 11.8 Å². The third-order valence-electron chi connectivity index (χ3n) is 4.61. The van der Waals surface area contributed by atoms with Crippen molar-refractivity contribution >= 4 is 12.2 Å². The standard InChI is InChI=1S/C15H25NO2/c17-11-5-1-2-8-15(18)16-10-9-13-6-3-4-7-14(13)12-16/h11,13-14H,1-10,12H2. The Balaban J connectivity index is 1.72. The first-order chi connectivity index (χ1) is 8.81. The number of rotatable bonds is 5. The van der Waals surface area contributed by atoms with Gasteiger partial charge in [0.1, 0.15) is 6.29 Å². The van der Waals surface area contributed by atoms with Crippen LogP contribution < -0.4 is 0 Å². The van der Waals surface area contributed by atoms with Crippen molar-refractivity contribution in [2.75, 3.05) is 13.1 Å². The number of carbonyl (C=O) groups excluding carboxylic acids is 2. The van der Waals surface area contributed by atoms with Crippen molar-refractivity contribution in [1.82, 2.24) is 4.90 Å². The maximum atomic E-state index is 12.1. The maximum absolute atomic E-state index is 12.1. The molecule has 0 aromatic carbocycles. The molecule has 1 saturated carbocycles. The van der Waals surface area contributed by atoms with E-state index in [1.165, 1.54) is 32.1 Å². The molecule has 1 aliphatic carbocycles. The molecule has 1 saturated heterocycles. The Morgan fingerprint density at radius 1 is 1.11 bits per heavy atom. The van der Waals surface area contributed by atoms with E-state index in [9.17, 15) is 9.59 Å². The van der Waals surface area contributed by atoms with Gasteiger partial charge in [0.2, 0.25) is 5.91 Å². The molecule has 102 valence electrons. The van der Waals surface area contributed by atoms with Crippen molar-refractivity contribution in [3.05, 3.63) is 0 Å². The molecule has 2 unspecified atom stereocenters. The number of amides is 1. The Bertz CT molecular complexity index is 290. The van der Waals surface area contributed by atoms with Crippen molar-refractivity contribution in [2.45, 2.75) is 57.8 Å². The van der Waals surface area contributed by atoms with Gasteiger partial charge in [-0.3, -0.25) is 4.79 Å². The number of carbonyl (C=O) groups is 2. The minimum Gasteiger partial charge on any atom is -0.342 e. The van der Waals surface area contributed by atoms with Gasteiger partial charge in [0.15, 0.2) is 0 Å². The summed E-state index contributed by atoms with van der Waals surface area (Å²) in [6, 6.07) is 0. The van der Waals surface area contributed by atoms with E-state index >= 15 is 0 Å². The van der Waals surface area contributed by atoms with E-state index in [4.69, 9.17) is 0 Å². The van der Waals surface area contributed by atoms with E-state index in [1.54, 1.807) is 0 Å². The van der Waals surface area contributed by atoms with Crippen LogP contribution in [0.25, 0.3) is 0 Å². The van der Waals surface area contributed by atoms with Gasteiger partial charge >= 0.3 is 0 Å². The molecule has 0 radical (unpaired) electrons. The second-order valence-corrected chi connectivity index (χ2v) is 5.85. The molecule has 3 heteroatoms. The Morgan fingerprint density at radius 2 is 1.89 bits per heavy atom. The molecule has 0 bridgehead atoms. The lowest BCUT2D eigenvalue weighted by molar-refractivity contribution is -0.134. The van der Waals surface area contributed by atoms with Gasteiger partial charge in [-0.05, 0) is 37.5 Å². The molecule has 2 rings (SSSR count). The van der Waals surface area contributed by atoms with Crippen LogP contribution in [0.1, 0.15) is 57.8 Å². The van der Waals surface area contributed by atoms with Gasteiger partial charge in [-0.15, -0.1) is 0 Å². The van der Waals surface area contributed by atoms with Crippen LogP contribution in [0.4, 0.5) is 0 Å². The number of hydrogen-bond acceptors (Lipinski definition) is 2. The normalized spacial score (nSPS) is 27.7. The summed E-state index contributed by atoms with van der Waals surface area (Å²) >= 11 is 0. The van der Waals surface area contributed by atoms with Crippen LogP contribution in [0.3, 0.4) is 0 Å². The highest BCUT2D eigenvalue weighted by molar-refractivity contribution is 5.76. The van der Waals surface area contributed by atoms with Crippen LogP contribution in [0.5, 0.6) is 0 Å². The molecule has 18 heavy (non-hydrogen) atoms. The zero-order valence-electron chi connectivity index (χ0n) is 11.3. The molecule has 0 N–H and O–H groups in total. The van der Waals surface area contributed by atoms with Crippen LogP contribution >= 0.6 is 0 Å². The minimum atomic E-state index is 0.310. The van der Waals surface area contributed by atoms with Crippen molar-refractivity contribution in [2.24, 2.45) is 11.8 Å². The third kappa shape index (κ3) is 3.56. The lowest BCUT2D eigenvalue weighted by Gasteiger charge is -2.41. The molecule has 3 nitrogen and oxygen atoms in total. The minimum absolute atomic E-state index is 0.310. The molecule has 1 heterocycles. The van der Waals surface area contributed by atoms with Crippen LogP contribution in [0.15, 0.2) is 0 Å². The first-order valence-corrected chi connectivity index (χ1v) is 7.52. The van der Waals surface area contributed by atoms with Crippen molar-refractivity contribution in [3.63, 3.8) is 0 Å². The maximum Gasteiger partial charge on any atom is 0.222 e. The third-order valence-corrected chi connectivity index (χ3v) is 4.61. The average molecular weight is 251 g/mol. The number of nitrogens with zero attached hydrogens (tertiary/aromatic N) is 1. The van der Waals surface area contributed by atoms with Gasteiger partial charge in [-0.2, -0.15) is 0 Å². The fourth-order valence-corrected chi connectivity index (χ4v) is 3.49. The van der Waals surface area contributed by atoms with E-state index in [2.05, 4.69) is 4.90 Å². The van der Waals surface area contributed by atoms with Crippen LogP contribution in [0.2, 0.25) is 0 Å². The molecule has 1 amide bonds. The second kappa shape index (κ2) is 6.91. The molecule has 0 spiro atoms. The highest BCUT2D eigenvalue weighted by Gasteiger charge is 2.32. The number of unbranched alkanes of at least 4 members (excludes halogenated alkanes) is 2. The van der Waals surface area contributed by atoms with Crippen molar-refractivity contribution < 1.29 is 9.59 Å². The summed E-state index contributed by atoms with van der Waals surface area (Å²) in [7, 11) is 0. The summed E-state index contributed by atoms with van der Waals surface area (Å²) in [5.41, 5.74) is 0. The Labute approximate surface area is 110 Å². The molecule has 0 aromatic heterocycles. The largest absolute Gasteiger partial charge is 0.342 e. The van der Waals surface area contributed by atoms with E-state index in [0.717, 1.165) is 44.1 Å². The molecule has 2 fully saturated rings. The molecule has 2 aliphatic rings. The van der Waals surface area contributed by atoms with Gasteiger partial charge < -0.3 is 9.69 Å². The number of hydrogen-bond donors (Lipinski definition) is 0. The Hall–Kier alpha value is -0.860. The highest BCUT2D eigenvalue weighted by Crippen LogP contribution is 2.36. The van der Waals surface area contributed by atoms with Crippen molar-refractivity contribution in [1.29, 1.82) is 0 Å². The quantitative estimate of drug-likeness (QED) is 0.556. The van der Waals surface area contributed by atoms with E-state index in [1.807, 2.05) is 0 Å². The molecule has 1 aliphatic heterocycles. The van der Waals surface area contributed by atoms with Gasteiger partial charge in [-0.1, -0.05) is 19.3 Å². The van der Waals surface area contributed by atoms with Crippen molar-refractivity contribution in [3.8, 4) is 0 Å². The number of piperidine rings is 1. The SMILES string of the molecule is O=CCCCCC(=O)N1CCC2CCCCC2C1. The summed E-state index contributed by atoms with van der Waals surface area (Å²) in [6.45, 7) is 1.96. The number of aldehydes is 1. The summed E-state index contributed by atoms with van der Waals surface area (Å²) in [6.07, 6.45) is 10.5. The molecule has 0 aromatic rings. The van der Waals surface area contributed by atoms with E-state index < -0.39 is 0 Å². The smallest absolute Gasteiger partial charge is 0.222 e. The lowest BCUT2D eigenvalue weighted by Crippen LogP contribution is -2.44. The molecular weight excluding hydrogens is 226 g/mol. The van der Waals surface area contributed by atoms with Crippen LogP contribution in [-0.2, 0) is 9.59 Å². The lowest BCUT2D eigenvalue weighted by atomic mass is 9.75. The fourth-order valence-electron chi connectivity index (χ4n) is 3.49. The summed E-state index contributed by atoms with van der Waals surface area (Å²) in [5, 5.41) is 0. The van der Waals surface area contributed by atoms with E-state index in [0.29, 0.717) is 18.7 Å². The zero-order chi connectivity index (χ0) is 12.8. The summed E-state index contributed by atoms with van der Waals surface area (Å²) in [4.78, 5) is 24.4. The van der Waals surface area contributed by atoms with E-state index in [-0.39, 0.29) is 0 Å². The van der Waals surface area contributed by atoms with Crippen LogP contribution in [-0.4, -0.2) is 30.2 Å². The Morgan fingerprint density at radius 3 is 2.67 bits per heavy atom. The summed E-state index contributed by atoms with van der Waals surface area (Å²) in [5.74, 6) is 1.97. The summed E-state index contributed by atoms with van der Waals surface area (Å²) < 4.78 is 0. The monoisotopic (exact) mass is 251 g/mol. The fraction of sp³-hybridized carbons (Fsp3) is 0.867. The number of likely N-dealkylation sites (tertiary alicyclic amines) is 1. The van der Waals surface area contributed by atoms with Gasteiger partial charge in [0.05, 0.1) is 0 Å². The van der Waals surface area contributed by atoms with Gasteiger partial charge in [-0.25, -0.2) is 0 Å². The average Bonchev–Trinajstić information content (AvgIpc) is 2.43. The predicted octanol–water partition coefficient (Wildman–Crippen LogP) is 2.78. The topological polar surface area (TPSA) is 37.4 Å². The van der Waals surface area contributed by atoms with Gasteiger partial charge in [0.25, 0.3) is 0 Å². The number of fused-ring (bicyclic) bond motifs is 1. The first-order valence-electron chi connectivity index (χ1n) is 7.52. The second-order valence-electron chi connectivity index (χ2n) is 5.85. The Kier molecular flexibility index (Phi) is 5.21. The highest BCUT2D eigenvalue weighted by atomic mass is 16.2. The molecule has 2 atom stereocenters. The first kappa shape index (κ1) is 13.6. The molecular formula is C15H25NO2.